The molecule has 0 aliphatic rings. The van der Waals surface area contributed by atoms with Crippen LogP contribution in [0.2, 0.25) is 5.02 Å². The molecule has 3 aromatic rings. The maximum Gasteiger partial charge on any atom is 0.320 e. The van der Waals surface area contributed by atoms with Crippen molar-refractivity contribution in [1.29, 1.82) is 0 Å². The van der Waals surface area contributed by atoms with Gasteiger partial charge in [0.05, 0.1) is 0 Å². The molecule has 1 aromatic heterocycles. The number of benzene rings is 2. The van der Waals surface area contributed by atoms with Gasteiger partial charge < -0.3 is 21.5 Å². The van der Waals surface area contributed by atoms with Crippen molar-refractivity contribution < 1.29 is 23.9 Å². The third kappa shape index (κ3) is 6.18. The normalized spacial score (nSPS) is 12.6. The molecule has 0 spiro atoms. The number of carbonyl (C=O) groups is 3. The molecule has 2 unspecified atom stereocenters. The smallest absolute Gasteiger partial charge is 0.320 e. The molecular formula is C23H23ClFN5O4. The summed E-state index contributed by atoms with van der Waals surface area (Å²) in [5, 5.41) is 21.0. The van der Waals surface area contributed by atoms with Gasteiger partial charge in [0.2, 0.25) is 0 Å². The Morgan fingerprint density at radius 2 is 1.85 bits per heavy atom. The summed E-state index contributed by atoms with van der Waals surface area (Å²) in [5.41, 5.74) is 7.51. The van der Waals surface area contributed by atoms with Crippen LogP contribution in [-0.2, 0) is 11.2 Å². The van der Waals surface area contributed by atoms with E-state index in [-0.39, 0.29) is 24.2 Å². The Labute approximate surface area is 199 Å². The minimum absolute atomic E-state index is 0.0373. The van der Waals surface area contributed by atoms with E-state index < -0.39 is 35.7 Å². The van der Waals surface area contributed by atoms with Gasteiger partial charge in [0, 0.05) is 29.7 Å². The largest absolute Gasteiger partial charge is 0.480 e. The average molecular weight is 488 g/mol. The summed E-state index contributed by atoms with van der Waals surface area (Å²) in [6, 6.07) is 10.7. The molecule has 0 radical (unpaired) electrons. The minimum atomic E-state index is -1.20. The molecule has 0 fully saturated rings. The Hall–Kier alpha value is -3.76. The van der Waals surface area contributed by atoms with Crippen LogP contribution in [-0.4, -0.2) is 52.2 Å². The summed E-state index contributed by atoms with van der Waals surface area (Å²) < 4.78 is 14.2. The number of carboxylic acid groups (broad SMARTS) is 1. The number of rotatable bonds is 9. The molecule has 2 aromatic carbocycles. The van der Waals surface area contributed by atoms with Crippen molar-refractivity contribution in [1.82, 2.24) is 20.8 Å². The number of H-pyrrole nitrogens is 1. The standard InChI is InChI=1S/C23H23ClFN5O4/c1-27-21(31)19-11-20(30-29-19)22(32)28-15(10-18(26)23(33)34)8-12-2-4-13(5-3-12)16-9-14(24)6-7-17(16)25/h2-7,9,11,15,18H,8,10,26H2,1H3,(H,27,31)(H,28,32)(H,29,30)(H,33,34). The maximum absolute atomic E-state index is 14.2. The molecule has 0 aliphatic carbocycles. The fourth-order valence-corrected chi connectivity index (χ4v) is 3.54. The van der Waals surface area contributed by atoms with Crippen LogP contribution in [0.1, 0.15) is 33.0 Å². The molecule has 11 heteroatoms. The van der Waals surface area contributed by atoms with E-state index in [1.807, 2.05) is 0 Å². The Morgan fingerprint density at radius 3 is 2.50 bits per heavy atom. The Kier molecular flexibility index (Phi) is 7.98. The number of hydrogen-bond acceptors (Lipinski definition) is 5. The quantitative estimate of drug-likeness (QED) is 0.312. The highest BCUT2D eigenvalue weighted by Crippen LogP contribution is 2.26. The van der Waals surface area contributed by atoms with Crippen LogP contribution in [0.15, 0.2) is 48.5 Å². The number of nitrogens with one attached hydrogen (secondary N) is 3. The lowest BCUT2D eigenvalue weighted by molar-refractivity contribution is -0.138. The molecule has 9 nitrogen and oxygen atoms in total. The van der Waals surface area contributed by atoms with Gasteiger partial charge in [-0.1, -0.05) is 35.9 Å². The second-order valence-corrected chi connectivity index (χ2v) is 8.06. The summed E-state index contributed by atoms with van der Waals surface area (Å²) in [6.45, 7) is 0. The van der Waals surface area contributed by atoms with Gasteiger partial charge in [-0.05, 0) is 42.2 Å². The van der Waals surface area contributed by atoms with Crippen LogP contribution < -0.4 is 16.4 Å². The molecule has 0 aliphatic heterocycles. The summed E-state index contributed by atoms with van der Waals surface area (Å²) in [4.78, 5) is 35.6. The van der Waals surface area contributed by atoms with Crippen LogP contribution >= 0.6 is 11.6 Å². The minimum Gasteiger partial charge on any atom is -0.480 e. The molecular weight excluding hydrogens is 465 g/mol. The molecule has 2 atom stereocenters. The highest BCUT2D eigenvalue weighted by Gasteiger charge is 2.23. The fraction of sp³-hybridized carbons (Fsp3) is 0.217. The van der Waals surface area contributed by atoms with Gasteiger partial charge in [-0.2, -0.15) is 5.10 Å². The summed E-state index contributed by atoms with van der Waals surface area (Å²) in [5.74, 6) is -2.64. The lowest BCUT2D eigenvalue weighted by atomic mass is 9.97. The third-order valence-electron chi connectivity index (χ3n) is 5.15. The molecule has 1 heterocycles. The maximum atomic E-state index is 14.2. The first-order valence-electron chi connectivity index (χ1n) is 10.3. The summed E-state index contributed by atoms with van der Waals surface area (Å²) >= 11 is 5.97. The Bertz CT molecular complexity index is 1200. The van der Waals surface area contributed by atoms with Crippen molar-refractivity contribution in [2.75, 3.05) is 7.05 Å². The predicted octanol–water partition coefficient (Wildman–Crippen LogP) is 2.37. The Morgan fingerprint density at radius 1 is 1.15 bits per heavy atom. The number of halogens is 2. The van der Waals surface area contributed by atoms with Crippen LogP contribution in [0.25, 0.3) is 11.1 Å². The molecule has 0 saturated carbocycles. The first-order valence-corrected chi connectivity index (χ1v) is 10.7. The lowest BCUT2D eigenvalue weighted by Crippen LogP contribution is -2.43. The zero-order valence-electron chi connectivity index (χ0n) is 18.1. The van der Waals surface area contributed by atoms with E-state index in [1.54, 1.807) is 24.3 Å². The van der Waals surface area contributed by atoms with Gasteiger partial charge >= 0.3 is 5.97 Å². The first kappa shape index (κ1) is 24.9. The zero-order valence-corrected chi connectivity index (χ0v) is 18.9. The highest BCUT2D eigenvalue weighted by atomic mass is 35.5. The topological polar surface area (TPSA) is 150 Å². The van der Waals surface area contributed by atoms with Gasteiger partial charge in [-0.3, -0.25) is 19.5 Å². The monoisotopic (exact) mass is 487 g/mol. The van der Waals surface area contributed by atoms with Gasteiger partial charge in [0.15, 0.2) is 5.69 Å². The second-order valence-electron chi connectivity index (χ2n) is 7.62. The van der Waals surface area contributed by atoms with E-state index in [9.17, 15) is 23.9 Å². The predicted molar refractivity (Wildman–Crippen MR) is 124 cm³/mol. The number of aromatic amines is 1. The van der Waals surface area contributed by atoms with E-state index in [4.69, 9.17) is 17.3 Å². The number of nitrogens with zero attached hydrogens (tertiary/aromatic N) is 1. The van der Waals surface area contributed by atoms with E-state index in [2.05, 4.69) is 20.8 Å². The highest BCUT2D eigenvalue weighted by molar-refractivity contribution is 6.30. The van der Waals surface area contributed by atoms with Gasteiger partial charge in [-0.25, -0.2) is 4.39 Å². The molecule has 6 N–H and O–H groups in total. The van der Waals surface area contributed by atoms with Crippen LogP contribution in [0.4, 0.5) is 4.39 Å². The summed E-state index contributed by atoms with van der Waals surface area (Å²) in [7, 11) is 1.44. The van der Waals surface area contributed by atoms with Crippen molar-refractivity contribution in [3.63, 3.8) is 0 Å². The van der Waals surface area contributed by atoms with Crippen molar-refractivity contribution >= 4 is 29.4 Å². The molecule has 34 heavy (non-hydrogen) atoms. The fourth-order valence-electron chi connectivity index (χ4n) is 3.37. The van der Waals surface area contributed by atoms with E-state index >= 15 is 0 Å². The second kappa shape index (κ2) is 10.9. The van der Waals surface area contributed by atoms with Crippen LogP contribution in [0, 0.1) is 5.82 Å². The van der Waals surface area contributed by atoms with Crippen molar-refractivity contribution in [2.24, 2.45) is 5.73 Å². The van der Waals surface area contributed by atoms with Gasteiger partial charge in [-0.15, -0.1) is 0 Å². The number of carboxylic acids is 1. The number of aromatic nitrogens is 2. The van der Waals surface area contributed by atoms with Crippen LogP contribution in [0.5, 0.6) is 0 Å². The van der Waals surface area contributed by atoms with Gasteiger partial charge in [0.1, 0.15) is 17.6 Å². The number of aliphatic carboxylic acids is 1. The average Bonchev–Trinajstić information content (AvgIpc) is 3.31. The molecule has 178 valence electrons. The third-order valence-corrected chi connectivity index (χ3v) is 5.38. The lowest BCUT2D eigenvalue weighted by Gasteiger charge is -2.20. The number of nitrogens with two attached hydrogens (primary N) is 1. The van der Waals surface area contributed by atoms with E-state index in [0.717, 1.165) is 5.56 Å². The molecule has 0 saturated heterocycles. The van der Waals surface area contributed by atoms with Crippen LogP contribution in [0.3, 0.4) is 0 Å². The van der Waals surface area contributed by atoms with Crippen molar-refractivity contribution in [3.05, 3.63) is 76.3 Å². The summed E-state index contributed by atoms with van der Waals surface area (Å²) in [6.07, 6.45) is 0.226. The SMILES string of the molecule is CNC(=O)c1cc(C(=O)NC(Cc2ccc(-c3cc(Cl)ccc3F)cc2)CC(N)C(=O)O)[nH]n1. The molecule has 0 bridgehead atoms. The first-order chi connectivity index (χ1) is 16.2. The van der Waals surface area contributed by atoms with Crippen molar-refractivity contribution in [2.45, 2.75) is 24.9 Å². The zero-order chi connectivity index (χ0) is 24.8. The Balaban J connectivity index is 1.77. The van der Waals surface area contributed by atoms with E-state index in [1.165, 1.54) is 31.3 Å². The number of hydrogen-bond donors (Lipinski definition) is 5. The van der Waals surface area contributed by atoms with Crippen molar-refractivity contribution in [3.8, 4) is 11.1 Å². The van der Waals surface area contributed by atoms with Gasteiger partial charge in [0.25, 0.3) is 11.8 Å². The molecule has 3 rings (SSSR count). The molecule has 2 amide bonds. The number of carbonyl (C=O) groups excluding carboxylic acids is 2. The van der Waals surface area contributed by atoms with E-state index in [0.29, 0.717) is 16.1 Å². The number of amides is 2.